The van der Waals surface area contributed by atoms with Crippen molar-refractivity contribution in [2.75, 3.05) is 18.0 Å². The van der Waals surface area contributed by atoms with Crippen LogP contribution in [0.25, 0.3) is 0 Å². The van der Waals surface area contributed by atoms with Gasteiger partial charge < -0.3 is 4.90 Å². The molecule has 1 aliphatic heterocycles. The molecule has 2 heterocycles. The molecular formula is C16H19N3. The maximum absolute atomic E-state index is 4.64. The highest BCUT2D eigenvalue weighted by Crippen LogP contribution is 2.28. The van der Waals surface area contributed by atoms with Gasteiger partial charge in [-0.25, -0.2) is 0 Å². The fraction of sp³-hybridized carbons (Fsp3) is 0.375. The summed E-state index contributed by atoms with van der Waals surface area (Å²) >= 11 is 0. The third kappa shape index (κ3) is 2.75. The van der Waals surface area contributed by atoms with Crippen LogP contribution >= 0.6 is 0 Å². The number of piperidine rings is 1. The first kappa shape index (κ1) is 12.2. The second-order valence-electron chi connectivity index (χ2n) is 5.21. The summed E-state index contributed by atoms with van der Waals surface area (Å²) in [5, 5.41) is 0. The average Bonchev–Trinajstić information content (AvgIpc) is 2.48. The lowest BCUT2D eigenvalue weighted by molar-refractivity contribution is 0.499. The van der Waals surface area contributed by atoms with Crippen molar-refractivity contribution in [3.05, 3.63) is 54.1 Å². The maximum atomic E-state index is 4.64. The molecule has 0 radical (unpaired) electrons. The molecule has 0 aliphatic carbocycles. The van der Waals surface area contributed by atoms with Crippen molar-refractivity contribution in [2.24, 2.45) is 0 Å². The number of anilines is 1. The molecule has 0 amide bonds. The van der Waals surface area contributed by atoms with E-state index in [0.717, 1.165) is 24.5 Å². The van der Waals surface area contributed by atoms with Crippen molar-refractivity contribution in [1.29, 1.82) is 0 Å². The molecule has 1 aromatic heterocycles. The van der Waals surface area contributed by atoms with Crippen LogP contribution in [-0.4, -0.2) is 23.1 Å². The predicted molar refractivity (Wildman–Crippen MR) is 77.4 cm³/mol. The van der Waals surface area contributed by atoms with Gasteiger partial charge in [-0.1, -0.05) is 18.2 Å². The van der Waals surface area contributed by atoms with E-state index in [1.165, 1.54) is 18.5 Å². The Balaban J connectivity index is 1.78. The summed E-state index contributed by atoms with van der Waals surface area (Å²) in [6, 6.07) is 10.6. The van der Waals surface area contributed by atoms with Crippen molar-refractivity contribution in [2.45, 2.75) is 25.7 Å². The summed E-state index contributed by atoms with van der Waals surface area (Å²) < 4.78 is 0. The molecule has 3 nitrogen and oxygen atoms in total. The van der Waals surface area contributed by atoms with Crippen LogP contribution in [0.2, 0.25) is 0 Å². The van der Waals surface area contributed by atoms with Crippen LogP contribution in [0.5, 0.6) is 0 Å². The van der Waals surface area contributed by atoms with Crippen LogP contribution in [0.1, 0.15) is 30.1 Å². The van der Waals surface area contributed by atoms with Crippen LogP contribution in [0.3, 0.4) is 0 Å². The van der Waals surface area contributed by atoms with Gasteiger partial charge in [-0.15, -0.1) is 0 Å². The topological polar surface area (TPSA) is 29.0 Å². The Morgan fingerprint density at radius 3 is 2.79 bits per heavy atom. The second-order valence-corrected chi connectivity index (χ2v) is 5.21. The molecule has 1 aliphatic rings. The molecule has 1 atom stereocenters. The van der Waals surface area contributed by atoms with Gasteiger partial charge in [0.05, 0.1) is 11.4 Å². The zero-order valence-electron chi connectivity index (χ0n) is 11.3. The zero-order chi connectivity index (χ0) is 13.1. The van der Waals surface area contributed by atoms with Crippen molar-refractivity contribution >= 4 is 5.69 Å². The Morgan fingerprint density at radius 1 is 1.16 bits per heavy atom. The summed E-state index contributed by atoms with van der Waals surface area (Å²) in [7, 11) is 0. The quantitative estimate of drug-likeness (QED) is 0.823. The van der Waals surface area contributed by atoms with Crippen LogP contribution in [0, 0.1) is 6.92 Å². The SMILES string of the molecule is Cc1cncc([C@H]2CCCN(c3ccccc3)C2)n1. The first-order valence-electron chi connectivity index (χ1n) is 6.91. The van der Waals surface area contributed by atoms with Crippen molar-refractivity contribution in [3.8, 4) is 0 Å². The van der Waals surface area contributed by atoms with Gasteiger partial charge in [0.25, 0.3) is 0 Å². The minimum absolute atomic E-state index is 0.501. The minimum atomic E-state index is 0.501. The van der Waals surface area contributed by atoms with Gasteiger partial charge in [-0.3, -0.25) is 9.97 Å². The Labute approximate surface area is 114 Å². The van der Waals surface area contributed by atoms with E-state index in [2.05, 4.69) is 45.2 Å². The molecule has 0 N–H and O–H groups in total. The molecule has 1 aromatic carbocycles. The van der Waals surface area contributed by atoms with Crippen LogP contribution in [0.15, 0.2) is 42.7 Å². The van der Waals surface area contributed by atoms with Gasteiger partial charge in [-0.2, -0.15) is 0 Å². The van der Waals surface area contributed by atoms with E-state index in [0.29, 0.717) is 5.92 Å². The Bertz CT molecular complexity index is 539. The van der Waals surface area contributed by atoms with Crippen LogP contribution in [0.4, 0.5) is 5.69 Å². The summed E-state index contributed by atoms with van der Waals surface area (Å²) in [6.45, 7) is 4.19. The highest BCUT2D eigenvalue weighted by atomic mass is 15.1. The van der Waals surface area contributed by atoms with Gasteiger partial charge in [0.15, 0.2) is 0 Å². The van der Waals surface area contributed by atoms with Gasteiger partial charge in [0, 0.05) is 37.1 Å². The highest BCUT2D eigenvalue weighted by Gasteiger charge is 2.22. The number of para-hydroxylation sites is 1. The summed E-state index contributed by atoms with van der Waals surface area (Å²) in [5.41, 5.74) is 3.46. The summed E-state index contributed by atoms with van der Waals surface area (Å²) in [5.74, 6) is 0.501. The van der Waals surface area contributed by atoms with E-state index in [1.807, 2.05) is 19.3 Å². The predicted octanol–water partition coefficient (Wildman–Crippen LogP) is 3.17. The van der Waals surface area contributed by atoms with Gasteiger partial charge in [0.2, 0.25) is 0 Å². The molecule has 0 unspecified atom stereocenters. The number of rotatable bonds is 2. The molecule has 3 rings (SSSR count). The van der Waals surface area contributed by atoms with Crippen molar-refractivity contribution in [3.63, 3.8) is 0 Å². The first-order chi connectivity index (χ1) is 9.33. The minimum Gasteiger partial charge on any atom is -0.371 e. The first-order valence-corrected chi connectivity index (χ1v) is 6.91. The van der Waals surface area contributed by atoms with E-state index in [9.17, 15) is 0 Å². The molecule has 2 aromatic rings. The smallest absolute Gasteiger partial charge is 0.0638 e. The standard InChI is InChI=1S/C16H19N3/c1-13-10-17-11-16(18-13)14-6-5-9-19(12-14)15-7-3-2-4-8-15/h2-4,7-8,10-11,14H,5-6,9,12H2,1H3/t14-/m0/s1. The fourth-order valence-corrected chi connectivity index (χ4v) is 2.77. The zero-order valence-corrected chi connectivity index (χ0v) is 11.3. The van der Waals surface area contributed by atoms with E-state index in [4.69, 9.17) is 0 Å². The van der Waals surface area contributed by atoms with Gasteiger partial charge >= 0.3 is 0 Å². The molecule has 19 heavy (non-hydrogen) atoms. The van der Waals surface area contributed by atoms with E-state index < -0.39 is 0 Å². The largest absolute Gasteiger partial charge is 0.371 e. The average molecular weight is 253 g/mol. The van der Waals surface area contributed by atoms with Gasteiger partial charge in [0.1, 0.15) is 0 Å². The molecule has 1 fully saturated rings. The number of hydrogen-bond acceptors (Lipinski definition) is 3. The number of nitrogens with zero attached hydrogens (tertiary/aromatic N) is 3. The normalized spacial score (nSPS) is 19.4. The fourth-order valence-electron chi connectivity index (χ4n) is 2.77. The van der Waals surface area contributed by atoms with E-state index >= 15 is 0 Å². The molecule has 1 saturated heterocycles. The second kappa shape index (κ2) is 5.39. The van der Waals surface area contributed by atoms with Gasteiger partial charge in [-0.05, 0) is 31.9 Å². The lowest BCUT2D eigenvalue weighted by Crippen LogP contribution is -2.34. The van der Waals surface area contributed by atoms with Crippen molar-refractivity contribution < 1.29 is 0 Å². The molecular weight excluding hydrogens is 234 g/mol. The van der Waals surface area contributed by atoms with Crippen molar-refractivity contribution in [1.82, 2.24) is 9.97 Å². The lowest BCUT2D eigenvalue weighted by Gasteiger charge is -2.34. The summed E-state index contributed by atoms with van der Waals surface area (Å²) in [4.78, 5) is 11.4. The molecule has 3 heteroatoms. The molecule has 0 saturated carbocycles. The number of benzene rings is 1. The lowest BCUT2D eigenvalue weighted by atomic mass is 9.94. The van der Waals surface area contributed by atoms with E-state index in [1.54, 1.807) is 0 Å². The Morgan fingerprint density at radius 2 is 2.00 bits per heavy atom. The third-order valence-corrected chi connectivity index (χ3v) is 3.73. The Kier molecular flexibility index (Phi) is 3.45. The monoisotopic (exact) mass is 253 g/mol. The third-order valence-electron chi connectivity index (χ3n) is 3.73. The maximum Gasteiger partial charge on any atom is 0.0638 e. The van der Waals surface area contributed by atoms with Crippen LogP contribution in [-0.2, 0) is 0 Å². The Hall–Kier alpha value is -1.90. The number of aryl methyl sites for hydroxylation is 1. The summed E-state index contributed by atoms with van der Waals surface area (Å²) in [6.07, 6.45) is 6.17. The van der Waals surface area contributed by atoms with E-state index in [-0.39, 0.29) is 0 Å². The molecule has 0 bridgehead atoms. The number of hydrogen-bond donors (Lipinski definition) is 0. The molecule has 0 spiro atoms. The highest BCUT2D eigenvalue weighted by molar-refractivity contribution is 5.46. The molecule has 98 valence electrons. The van der Waals surface area contributed by atoms with Crippen LogP contribution < -0.4 is 4.90 Å². The number of aromatic nitrogens is 2.